The van der Waals surface area contributed by atoms with Crippen LogP contribution in [-0.4, -0.2) is 31.7 Å². The second-order valence-electron chi connectivity index (χ2n) is 7.05. The van der Waals surface area contributed by atoms with Gasteiger partial charge in [0.25, 0.3) is 11.8 Å². The standard InChI is InChI=1S/C21H25N3O3/c1-21(2,3)17-11-9-15(10-12-17)20(26)22-14-19(25)24-23-13-16-7-5-6-8-18(16)27-4/h5-13H,14H2,1-4H3,(H,22,26)(H,24,25)/b23-13+. The van der Waals surface area contributed by atoms with Gasteiger partial charge in [-0.25, -0.2) is 5.43 Å². The van der Waals surface area contributed by atoms with Crippen LogP contribution in [-0.2, 0) is 10.2 Å². The molecule has 0 bridgehead atoms. The van der Waals surface area contributed by atoms with Crippen molar-refractivity contribution >= 4 is 18.0 Å². The summed E-state index contributed by atoms with van der Waals surface area (Å²) >= 11 is 0. The van der Waals surface area contributed by atoms with E-state index in [1.165, 1.54) is 6.21 Å². The van der Waals surface area contributed by atoms with Crippen LogP contribution in [0, 0.1) is 0 Å². The zero-order chi connectivity index (χ0) is 19.9. The highest BCUT2D eigenvalue weighted by Gasteiger charge is 2.14. The number of carbonyl (C=O) groups excluding carboxylic acids is 2. The number of hydrazone groups is 1. The fourth-order valence-corrected chi connectivity index (χ4v) is 2.37. The molecule has 0 aliphatic heterocycles. The van der Waals surface area contributed by atoms with Gasteiger partial charge >= 0.3 is 0 Å². The summed E-state index contributed by atoms with van der Waals surface area (Å²) in [6.07, 6.45) is 1.49. The molecule has 0 atom stereocenters. The minimum Gasteiger partial charge on any atom is -0.496 e. The first-order chi connectivity index (χ1) is 12.8. The van der Waals surface area contributed by atoms with Gasteiger partial charge in [-0.2, -0.15) is 5.10 Å². The molecule has 6 heteroatoms. The first-order valence-corrected chi connectivity index (χ1v) is 8.65. The molecule has 27 heavy (non-hydrogen) atoms. The van der Waals surface area contributed by atoms with E-state index in [-0.39, 0.29) is 17.9 Å². The number of methoxy groups -OCH3 is 1. The molecule has 0 fully saturated rings. The lowest BCUT2D eigenvalue weighted by atomic mass is 9.87. The predicted molar refractivity (Wildman–Crippen MR) is 106 cm³/mol. The Balaban J connectivity index is 1.84. The minimum atomic E-state index is -0.416. The van der Waals surface area contributed by atoms with Gasteiger partial charge in [0.2, 0.25) is 0 Å². The smallest absolute Gasteiger partial charge is 0.259 e. The molecule has 0 spiro atoms. The zero-order valence-corrected chi connectivity index (χ0v) is 16.1. The molecule has 0 aliphatic rings. The average molecular weight is 367 g/mol. The Hall–Kier alpha value is -3.15. The summed E-state index contributed by atoms with van der Waals surface area (Å²) in [5.74, 6) is -0.0670. The lowest BCUT2D eigenvalue weighted by Gasteiger charge is -2.19. The van der Waals surface area contributed by atoms with Gasteiger partial charge in [0.1, 0.15) is 5.75 Å². The Morgan fingerprint density at radius 3 is 2.37 bits per heavy atom. The third-order valence-corrected chi connectivity index (χ3v) is 3.95. The molecule has 0 unspecified atom stereocenters. The van der Waals surface area contributed by atoms with Gasteiger partial charge < -0.3 is 10.1 Å². The van der Waals surface area contributed by atoms with Crippen molar-refractivity contribution in [2.24, 2.45) is 5.10 Å². The predicted octanol–water partition coefficient (Wildman–Crippen LogP) is 2.87. The van der Waals surface area contributed by atoms with E-state index in [9.17, 15) is 9.59 Å². The number of rotatable bonds is 6. The van der Waals surface area contributed by atoms with E-state index < -0.39 is 5.91 Å². The van der Waals surface area contributed by atoms with E-state index in [2.05, 4.69) is 36.6 Å². The van der Waals surface area contributed by atoms with Crippen molar-refractivity contribution in [3.8, 4) is 5.75 Å². The lowest BCUT2D eigenvalue weighted by Crippen LogP contribution is -2.34. The molecule has 2 N–H and O–H groups in total. The third kappa shape index (κ3) is 5.95. The van der Waals surface area contributed by atoms with E-state index >= 15 is 0 Å². The van der Waals surface area contributed by atoms with Crippen LogP contribution in [0.15, 0.2) is 53.6 Å². The fourth-order valence-electron chi connectivity index (χ4n) is 2.37. The van der Waals surface area contributed by atoms with Crippen LogP contribution in [0.2, 0.25) is 0 Å². The maximum absolute atomic E-state index is 12.1. The van der Waals surface area contributed by atoms with Crippen molar-refractivity contribution < 1.29 is 14.3 Å². The number of nitrogens with one attached hydrogen (secondary N) is 2. The average Bonchev–Trinajstić information content (AvgIpc) is 2.66. The maximum atomic E-state index is 12.1. The molecule has 0 radical (unpaired) electrons. The van der Waals surface area contributed by atoms with E-state index in [4.69, 9.17) is 4.74 Å². The maximum Gasteiger partial charge on any atom is 0.259 e. The number of para-hydroxylation sites is 1. The summed E-state index contributed by atoms with van der Waals surface area (Å²) in [4.78, 5) is 24.0. The molecule has 2 amide bonds. The molecule has 2 rings (SSSR count). The highest BCUT2D eigenvalue weighted by Crippen LogP contribution is 2.22. The summed E-state index contributed by atoms with van der Waals surface area (Å²) < 4.78 is 5.20. The molecule has 0 saturated carbocycles. The summed E-state index contributed by atoms with van der Waals surface area (Å²) in [5, 5.41) is 6.46. The number of amides is 2. The topological polar surface area (TPSA) is 79.8 Å². The van der Waals surface area contributed by atoms with Crippen LogP contribution < -0.4 is 15.5 Å². The Kier molecular flexibility index (Phi) is 6.71. The van der Waals surface area contributed by atoms with E-state index in [1.807, 2.05) is 30.3 Å². The number of ether oxygens (including phenoxy) is 1. The van der Waals surface area contributed by atoms with Crippen LogP contribution in [0.1, 0.15) is 42.3 Å². The zero-order valence-electron chi connectivity index (χ0n) is 16.1. The van der Waals surface area contributed by atoms with E-state index in [0.717, 1.165) is 11.1 Å². The normalized spacial score (nSPS) is 11.3. The molecule has 6 nitrogen and oxygen atoms in total. The Morgan fingerprint density at radius 2 is 1.74 bits per heavy atom. The molecule has 0 aliphatic carbocycles. The number of benzene rings is 2. The molecular weight excluding hydrogens is 342 g/mol. The Labute approximate surface area is 159 Å². The second-order valence-corrected chi connectivity index (χ2v) is 7.05. The fraction of sp³-hybridized carbons (Fsp3) is 0.286. The summed E-state index contributed by atoms with van der Waals surface area (Å²) in [6, 6.07) is 14.7. The number of hydrogen-bond acceptors (Lipinski definition) is 4. The third-order valence-electron chi connectivity index (χ3n) is 3.95. The minimum absolute atomic E-state index is 0.0222. The molecule has 0 saturated heterocycles. The quantitative estimate of drug-likeness (QED) is 0.609. The number of hydrogen-bond donors (Lipinski definition) is 2. The highest BCUT2D eigenvalue weighted by atomic mass is 16.5. The monoisotopic (exact) mass is 367 g/mol. The molecule has 142 valence electrons. The number of nitrogens with zero attached hydrogens (tertiary/aromatic N) is 1. The van der Waals surface area contributed by atoms with Gasteiger partial charge in [-0.15, -0.1) is 0 Å². The van der Waals surface area contributed by atoms with Gasteiger partial charge in [-0.1, -0.05) is 45.0 Å². The van der Waals surface area contributed by atoms with Crippen molar-refractivity contribution in [1.29, 1.82) is 0 Å². The SMILES string of the molecule is COc1ccccc1/C=N/NC(=O)CNC(=O)c1ccc(C(C)(C)C)cc1. The van der Waals surface area contributed by atoms with Gasteiger partial charge in [0.15, 0.2) is 0 Å². The largest absolute Gasteiger partial charge is 0.496 e. The molecule has 2 aromatic carbocycles. The van der Waals surface area contributed by atoms with Crippen LogP contribution in [0.3, 0.4) is 0 Å². The van der Waals surface area contributed by atoms with Gasteiger partial charge in [-0.05, 0) is 35.2 Å². The molecule has 2 aromatic rings. The highest BCUT2D eigenvalue weighted by molar-refractivity contribution is 5.96. The lowest BCUT2D eigenvalue weighted by molar-refractivity contribution is -0.120. The summed E-state index contributed by atoms with van der Waals surface area (Å²) in [5.41, 5.74) is 4.79. The van der Waals surface area contributed by atoms with Crippen LogP contribution in [0.25, 0.3) is 0 Å². The van der Waals surface area contributed by atoms with Crippen LogP contribution in [0.4, 0.5) is 0 Å². The van der Waals surface area contributed by atoms with Crippen molar-refractivity contribution in [3.05, 3.63) is 65.2 Å². The second kappa shape index (κ2) is 8.98. The van der Waals surface area contributed by atoms with Crippen molar-refractivity contribution in [1.82, 2.24) is 10.7 Å². The Bertz CT molecular complexity index is 821. The van der Waals surface area contributed by atoms with E-state index in [1.54, 1.807) is 25.3 Å². The molecule has 0 aromatic heterocycles. The van der Waals surface area contributed by atoms with Gasteiger partial charge in [-0.3, -0.25) is 9.59 Å². The summed E-state index contributed by atoms with van der Waals surface area (Å²) in [7, 11) is 1.56. The number of carbonyl (C=O) groups is 2. The molecule has 0 heterocycles. The summed E-state index contributed by atoms with van der Waals surface area (Å²) in [6.45, 7) is 6.16. The van der Waals surface area contributed by atoms with E-state index in [0.29, 0.717) is 11.3 Å². The first-order valence-electron chi connectivity index (χ1n) is 8.65. The first kappa shape index (κ1) is 20.2. The van der Waals surface area contributed by atoms with Crippen LogP contribution >= 0.6 is 0 Å². The van der Waals surface area contributed by atoms with Crippen molar-refractivity contribution in [2.75, 3.05) is 13.7 Å². The van der Waals surface area contributed by atoms with Crippen molar-refractivity contribution in [2.45, 2.75) is 26.2 Å². The molecular formula is C21H25N3O3. The Morgan fingerprint density at radius 1 is 1.07 bits per heavy atom. The van der Waals surface area contributed by atoms with Crippen molar-refractivity contribution in [3.63, 3.8) is 0 Å². The van der Waals surface area contributed by atoms with Gasteiger partial charge in [0, 0.05) is 11.1 Å². The van der Waals surface area contributed by atoms with Crippen LogP contribution in [0.5, 0.6) is 5.75 Å². The van der Waals surface area contributed by atoms with Gasteiger partial charge in [0.05, 0.1) is 19.9 Å².